The summed E-state index contributed by atoms with van der Waals surface area (Å²) in [6.07, 6.45) is 3.33. The number of halogens is 1. The number of aromatic nitrogens is 1. The molecule has 0 atom stereocenters. The van der Waals surface area contributed by atoms with Crippen molar-refractivity contribution in [2.24, 2.45) is 0 Å². The molecule has 0 spiro atoms. The van der Waals surface area contributed by atoms with Crippen LogP contribution in [0.2, 0.25) is 0 Å². The van der Waals surface area contributed by atoms with E-state index in [2.05, 4.69) is 0 Å². The second kappa shape index (κ2) is 7.01. The minimum absolute atomic E-state index is 0.0803. The molecule has 146 valence electrons. The Balaban J connectivity index is 1.81. The number of rotatable bonds is 3. The van der Waals surface area contributed by atoms with Crippen LogP contribution in [0.3, 0.4) is 0 Å². The second-order valence-corrected chi connectivity index (χ2v) is 6.93. The smallest absolute Gasteiger partial charge is 0.333 e. The third-order valence-electron chi connectivity index (χ3n) is 5.01. The number of urea groups is 1. The summed E-state index contributed by atoms with van der Waals surface area (Å²) in [5, 5.41) is 0.846. The zero-order valence-corrected chi connectivity index (χ0v) is 15.9. The van der Waals surface area contributed by atoms with E-state index in [1.54, 1.807) is 6.07 Å². The first-order valence-electron chi connectivity index (χ1n) is 9.01. The molecule has 0 aliphatic carbocycles. The summed E-state index contributed by atoms with van der Waals surface area (Å²) < 4.78 is 15.5. The molecular formula is C22H18FN3O3. The number of barbiturate groups is 1. The van der Waals surface area contributed by atoms with Gasteiger partial charge in [-0.3, -0.25) is 19.4 Å². The standard InChI is InChI=1S/C22H18FN3O3/c1-24-20(27)18(21(28)25(2)22(24)29)11-15-13-26(19-9-4-3-8-17(15)19)12-14-6-5-7-16(23)10-14/h3-11,13H,12H2,1-2H3. The fourth-order valence-electron chi connectivity index (χ4n) is 3.48. The highest BCUT2D eigenvalue weighted by Gasteiger charge is 2.37. The number of hydrogen-bond acceptors (Lipinski definition) is 3. The molecule has 0 bridgehead atoms. The third kappa shape index (κ3) is 3.20. The Hall–Kier alpha value is -3.74. The Kier molecular flexibility index (Phi) is 4.50. The summed E-state index contributed by atoms with van der Waals surface area (Å²) in [5.74, 6) is -1.59. The van der Waals surface area contributed by atoms with Gasteiger partial charge < -0.3 is 4.57 Å². The van der Waals surface area contributed by atoms with Crippen LogP contribution in [0.25, 0.3) is 17.0 Å². The molecule has 1 aromatic heterocycles. The lowest BCUT2D eigenvalue weighted by Gasteiger charge is -2.28. The van der Waals surface area contributed by atoms with Crippen LogP contribution in [0.1, 0.15) is 11.1 Å². The Bertz CT molecular complexity index is 1170. The molecule has 0 saturated carbocycles. The summed E-state index contributed by atoms with van der Waals surface area (Å²) in [6, 6.07) is 13.2. The molecule has 1 fully saturated rings. The van der Waals surface area contributed by atoms with Crippen LogP contribution in [0.15, 0.2) is 60.3 Å². The van der Waals surface area contributed by atoms with Crippen LogP contribution in [0, 0.1) is 5.82 Å². The zero-order valence-electron chi connectivity index (χ0n) is 15.9. The first-order valence-corrected chi connectivity index (χ1v) is 9.01. The van der Waals surface area contributed by atoms with Crippen molar-refractivity contribution in [1.82, 2.24) is 14.4 Å². The number of para-hydroxylation sites is 1. The summed E-state index contributed by atoms with van der Waals surface area (Å²) in [6.45, 7) is 0.432. The van der Waals surface area contributed by atoms with Gasteiger partial charge in [0.2, 0.25) is 0 Å². The van der Waals surface area contributed by atoms with Crippen LogP contribution < -0.4 is 0 Å². The van der Waals surface area contributed by atoms with Gasteiger partial charge >= 0.3 is 6.03 Å². The molecule has 1 aliphatic rings. The van der Waals surface area contributed by atoms with E-state index in [9.17, 15) is 18.8 Å². The second-order valence-electron chi connectivity index (χ2n) is 6.93. The van der Waals surface area contributed by atoms with Crippen LogP contribution >= 0.6 is 0 Å². The van der Waals surface area contributed by atoms with Crippen molar-refractivity contribution in [2.75, 3.05) is 14.1 Å². The Morgan fingerprint density at radius 3 is 2.31 bits per heavy atom. The SMILES string of the molecule is CN1C(=O)C(=Cc2cn(Cc3cccc(F)c3)c3ccccc23)C(=O)N(C)C1=O. The van der Waals surface area contributed by atoms with Crippen molar-refractivity contribution in [3.8, 4) is 0 Å². The van der Waals surface area contributed by atoms with Gasteiger partial charge in [-0.05, 0) is 29.8 Å². The van der Waals surface area contributed by atoms with E-state index in [1.807, 2.05) is 41.1 Å². The van der Waals surface area contributed by atoms with Crippen LogP contribution in [0.4, 0.5) is 9.18 Å². The first kappa shape index (κ1) is 18.6. The van der Waals surface area contributed by atoms with E-state index >= 15 is 0 Å². The van der Waals surface area contributed by atoms with E-state index < -0.39 is 17.8 Å². The van der Waals surface area contributed by atoms with Gasteiger partial charge in [0, 0.05) is 43.3 Å². The molecule has 4 rings (SSSR count). The van der Waals surface area contributed by atoms with Crippen molar-refractivity contribution in [3.63, 3.8) is 0 Å². The predicted octanol–water partition coefficient (Wildman–Crippen LogP) is 3.26. The number of fused-ring (bicyclic) bond motifs is 1. The Morgan fingerprint density at radius 2 is 1.62 bits per heavy atom. The molecule has 7 heteroatoms. The summed E-state index contributed by atoms with van der Waals surface area (Å²) in [7, 11) is 2.68. The molecule has 2 heterocycles. The average Bonchev–Trinajstić information content (AvgIpc) is 3.06. The predicted molar refractivity (Wildman–Crippen MR) is 106 cm³/mol. The molecule has 4 amide bonds. The lowest BCUT2D eigenvalue weighted by molar-refractivity contribution is -0.134. The zero-order chi connectivity index (χ0) is 20.7. The minimum Gasteiger partial charge on any atom is -0.342 e. The molecule has 29 heavy (non-hydrogen) atoms. The van der Waals surface area contributed by atoms with E-state index in [0.717, 1.165) is 26.3 Å². The van der Waals surface area contributed by atoms with Crippen molar-refractivity contribution < 1.29 is 18.8 Å². The maximum absolute atomic E-state index is 13.6. The summed E-state index contributed by atoms with van der Waals surface area (Å²) >= 11 is 0. The van der Waals surface area contributed by atoms with Crippen LogP contribution in [-0.2, 0) is 16.1 Å². The monoisotopic (exact) mass is 391 g/mol. The number of carbonyl (C=O) groups is 3. The highest BCUT2D eigenvalue weighted by molar-refractivity contribution is 6.31. The minimum atomic E-state index is -0.661. The van der Waals surface area contributed by atoms with E-state index in [4.69, 9.17) is 0 Å². The Morgan fingerprint density at radius 1 is 0.931 bits per heavy atom. The van der Waals surface area contributed by atoms with E-state index in [-0.39, 0.29) is 11.4 Å². The fourth-order valence-corrected chi connectivity index (χ4v) is 3.48. The maximum atomic E-state index is 13.6. The van der Waals surface area contributed by atoms with E-state index in [1.165, 1.54) is 32.3 Å². The van der Waals surface area contributed by atoms with Gasteiger partial charge in [0.15, 0.2) is 0 Å². The van der Waals surface area contributed by atoms with Gasteiger partial charge in [-0.1, -0.05) is 30.3 Å². The van der Waals surface area contributed by atoms with Crippen molar-refractivity contribution in [2.45, 2.75) is 6.54 Å². The van der Waals surface area contributed by atoms with Gasteiger partial charge in [0.05, 0.1) is 0 Å². The molecule has 3 aromatic rings. The lowest BCUT2D eigenvalue weighted by Crippen LogP contribution is -2.52. The van der Waals surface area contributed by atoms with Gasteiger partial charge in [0.1, 0.15) is 11.4 Å². The normalized spacial score (nSPS) is 14.9. The molecule has 6 nitrogen and oxygen atoms in total. The van der Waals surface area contributed by atoms with E-state index in [0.29, 0.717) is 12.1 Å². The number of likely N-dealkylation sites (N-methyl/N-ethyl adjacent to an activating group) is 2. The number of carbonyl (C=O) groups excluding carboxylic acids is 3. The number of imide groups is 2. The quantitative estimate of drug-likeness (QED) is 0.509. The summed E-state index contributed by atoms with van der Waals surface area (Å²) in [5.41, 5.74) is 2.27. The largest absolute Gasteiger partial charge is 0.342 e. The topological polar surface area (TPSA) is 62.6 Å². The summed E-state index contributed by atoms with van der Waals surface area (Å²) in [4.78, 5) is 38.8. The highest BCUT2D eigenvalue weighted by atomic mass is 19.1. The average molecular weight is 391 g/mol. The molecule has 1 aliphatic heterocycles. The van der Waals surface area contributed by atoms with Crippen molar-refractivity contribution in [3.05, 3.63) is 77.2 Å². The lowest BCUT2D eigenvalue weighted by atomic mass is 10.1. The number of amides is 4. The van der Waals surface area contributed by atoms with Gasteiger partial charge in [-0.2, -0.15) is 0 Å². The third-order valence-corrected chi connectivity index (χ3v) is 5.01. The van der Waals surface area contributed by atoms with Crippen molar-refractivity contribution >= 4 is 34.8 Å². The van der Waals surface area contributed by atoms with Gasteiger partial charge in [-0.25, -0.2) is 9.18 Å². The molecule has 0 unspecified atom stereocenters. The highest BCUT2D eigenvalue weighted by Crippen LogP contribution is 2.26. The van der Waals surface area contributed by atoms with Gasteiger partial charge in [0.25, 0.3) is 11.8 Å². The fraction of sp³-hybridized carbons (Fsp3) is 0.136. The molecular weight excluding hydrogens is 373 g/mol. The number of nitrogens with zero attached hydrogens (tertiary/aromatic N) is 3. The number of benzene rings is 2. The molecule has 2 aromatic carbocycles. The Labute approximate surface area is 166 Å². The maximum Gasteiger partial charge on any atom is 0.333 e. The molecule has 0 N–H and O–H groups in total. The van der Waals surface area contributed by atoms with Crippen LogP contribution in [0.5, 0.6) is 0 Å². The number of hydrogen-bond donors (Lipinski definition) is 0. The van der Waals surface area contributed by atoms with Crippen LogP contribution in [-0.4, -0.2) is 46.3 Å². The van der Waals surface area contributed by atoms with Gasteiger partial charge in [-0.15, -0.1) is 0 Å². The first-order chi connectivity index (χ1) is 13.9. The van der Waals surface area contributed by atoms with Crippen molar-refractivity contribution in [1.29, 1.82) is 0 Å². The molecule has 1 saturated heterocycles. The molecule has 0 radical (unpaired) electrons.